The summed E-state index contributed by atoms with van der Waals surface area (Å²) < 4.78 is 0. The van der Waals surface area contributed by atoms with Gasteiger partial charge in [0.05, 0.1) is 0 Å². The van der Waals surface area contributed by atoms with Gasteiger partial charge in [-0.2, -0.15) is 0 Å². The maximum atomic E-state index is 6.89. The molecule has 0 aromatic heterocycles. The van der Waals surface area contributed by atoms with Gasteiger partial charge in [-0.15, -0.1) is 0 Å². The van der Waals surface area contributed by atoms with Crippen molar-refractivity contribution in [1.82, 2.24) is 0 Å². The Morgan fingerprint density at radius 1 is 1.83 bits per heavy atom. The summed E-state index contributed by atoms with van der Waals surface area (Å²) in [5, 5.41) is 6.89. The van der Waals surface area contributed by atoms with E-state index in [1.54, 1.807) is 6.92 Å². The van der Waals surface area contributed by atoms with E-state index in [9.17, 15) is 0 Å². The van der Waals surface area contributed by atoms with E-state index in [1.807, 2.05) is 6.92 Å². The first-order valence-electron chi connectivity index (χ1n) is 2.02. The highest BCUT2D eigenvalue weighted by atomic mass is 14.4. The summed E-state index contributed by atoms with van der Waals surface area (Å²) in [5.41, 5.74) is 0.648. The molecule has 0 saturated heterocycles. The van der Waals surface area contributed by atoms with E-state index in [0.717, 1.165) is 0 Å². The Kier molecular flexibility index (Phi) is 1.85. The third-order valence-electron chi connectivity index (χ3n) is 0.739. The second-order valence-corrected chi connectivity index (χ2v) is 1.58. The van der Waals surface area contributed by atoms with Crippen molar-refractivity contribution in [3.8, 4) is 0 Å². The van der Waals surface area contributed by atoms with Gasteiger partial charge < -0.3 is 5.41 Å². The van der Waals surface area contributed by atoms with Gasteiger partial charge in [0.1, 0.15) is 0 Å². The number of nitrogens with one attached hydrogen (secondary N) is 1. The van der Waals surface area contributed by atoms with Crippen LogP contribution in [0.1, 0.15) is 13.8 Å². The van der Waals surface area contributed by atoms with Crippen LogP contribution in [-0.4, -0.2) is 5.71 Å². The summed E-state index contributed by atoms with van der Waals surface area (Å²) in [4.78, 5) is 0. The fourth-order valence-corrected chi connectivity index (χ4v) is 0. The number of hydrogen-bond acceptors (Lipinski definition) is 1. The highest BCUT2D eigenvalue weighted by molar-refractivity contribution is 5.81. The van der Waals surface area contributed by atoms with Crippen molar-refractivity contribution in [2.45, 2.75) is 13.8 Å². The van der Waals surface area contributed by atoms with Crippen LogP contribution in [0.4, 0.5) is 0 Å². The van der Waals surface area contributed by atoms with Crippen molar-refractivity contribution in [3.05, 3.63) is 6.92 Å². The minimum Gasteiger partial charge on any atom is -0.310 e. The molecular formula is C5H10N. The molecule has 0 aliphatic carbocycles. The zero-order valence-electron chi connectivity index (χ0n) is 4.28. The molecule has 0 rings (SSSR count). The molecule has 0 bridgehead atoms. The van der Waals surface area contributed by atoms with Gasteiger partial charge in [-0.05, 0) is 19.8 Å². The van der Waals surface area contributed by atoms with Gasteiger partial charge in [0.25, 0.3) is 0 Å². The highest BCUT2D eigenvalue weighted by Gasteiger charge is 1.90. The Hall–Kier alpha value is -0.330. The van der Waals surface area contributed by atoms with Gasteiger partial charge in [0.2, 0.25) is 0 Å². The molecule has 0 saturated carbocycles. The topological polar surface area (TPSA) is 23.9 Å². The predicted molar refractivity (Wildman–Crippen MR) is 27.9 cm³/mol. The van der Waals surface area contributed by atoms with E-state index in [-0.39, 0.29) is 5.92 Å². The Morgan fingerprint density at radius 3 is 2.00 bits per heavy atom. The normalized spacial score (nSPS) is 9.33. The molecule has 0 aromatic rings. The second-order valence-electron chi connectivity index (χ2n) is 1.58. The molecule has 0 aromatic carbocycles. The van der Waals surface area contributed by atoms with Crippen LogP contribution in [0, 0.1) is 18.3 Å². The fourth-order valence-electron chi connectivity index (χ4n) is 0. The average molecular weight is 84.1 g/mol. The van der Waals surface area contributed by atoms with Gasteiger partial charge >= 0.3 is 0 Å². The first kappa shape index (κ1) is 5.67. The lowest BCUT2D eigenvalue weighted by Gasteiger charge is -1.95. The molecule has 0 amide bonds. The largest absolute Gasteiger partial charge is 0.310 e. The summed E-state index contributed by atoms with van der Waals surface area (Å²) in [6.45, 7) is 7.28. The van der Waals surface area contributed by atoms with Crippen LogP contribution in [0.2, 0.25) is 0 Å². The standard InChI is InChI=1S/C5H10N/c1-4(2)5(3)6/h4,6H,1H2,2-3H3. The summed E-state index contributed by atoms with van der Waals surface area (Å²) >= 11 is 0. The van der Waals surface area contributed by atoms with Gasteiger partial charge in [0, 0.05) is 5.71 Å². The van der Waals surface area contributed by atoms with E-state index in [2.05, 4.69) is 6.92 Å². The van der Waals surface area contributed by atoms with Crippen LogP contribution in [0.25, 0.3) is 0 Å². The molecule has 6 heavy (non-hydrogen) atoms. The van der Waals surface area contributed by atoms with Gasteiger partial charge in [-0.3, -0.25) is 0 Å². The van der Waals surface area contributed by atoms with E-state index >= 15 is 0 Å². The monoisotopic (exact) mass is 84.1 g/mol. The average Bonchev–Trinajstić information content (AvgIpc) is 1.36. The number of rotatable bonds is 1. The quantitative estimate of drug-likeness (QED) is 0.465. The van der Waals surface area contributed by atoms with Gasteiger partial charge in [-0.1, -0.05) is 6.92 Å². The lowest BCUT2D eigenvalue weighted by atomic mass is 10.1. The molecule has 0 aliphatic rings. The van der Waals surface area contributed by atoms with Crippen molar-refractivity contribution in [2.24, 2.45) is 5.92 Å². The van der Waals surface area contributed by atoms with Crippen LogP contribution >= 0.6 is 0 Å². The molecule has 0 spiro atoms. The Bertz CT molecular complexity index is 55.0. The molecule has 1 radical (unpaired) electrons. The molecule has 0 fully saturated rings. The maximum Gasteiger partial charge on any atom is 0.00863 e. The number of hydrogen-bond donors (Lipinski definition) is 1. The predicted octanol–water partition coefficient (Wildman–Crippen LogP) is 1.50. The van der Waals surface area contributed by atoms with Crippen LogP contribution in [-0.2, 0) is 0 Å². The van der Waals surface area contributed by atoms with Gasteiger partial charge in [-0.25, -0.2) is 0 Å². The van der Waals surface area contributed by atoms with E-state index < -0.39 is 0 Å². The first-order chi connectivity index (χ1) is 2.64. The molecule has 1 nitrogen and oxygen atoms in total. The SMILES string of the molecule is [CH2]C(C)C(C)=N. The third kappa shape index (κ3) is 1.94. The van der Waals surface area contributed by atoms with Crippen molar-refractivity contribution >= 4 is 5.71 Å². The second kappa shape index (κ2) is 1.96. The first-order valence-corrected chi connectivity index (χ1v) is 2.02. The minimum absolute atomic E-state index is 0.185. The van der Waals surface area contributed by atoms with Crippen LogP contribution in [0.15, 0.2) is 0 Å². The Balaban J connectivity index is 3.26. The zero-order chi connectivity index (χ0) is 5.15. The van der Waals surface area contributed by atoms with Crippen LogP contribution in [0.3, 0.4) is 0 Å². The Morgan fingerprint density at radius 2 is 2.00 bits per heavy atom. The smallest absolute Gasteiger partial charge is 0.00863 e. The molecule has 1 atom stereocenters. The Labute approximate surface area is 38.9 Å². The van der Waals surface area contributed by atoms with Gasteiger partial charge in [0.15, 0.2) is 0 Å². The fraction of sp³-hybridized carbons (Fsp3) is 0.600. The van der Waals surface area contributed by atoms with E-state index in [0.29, 0.717) is 5.71 Å². The lowest BCUT2D eigenvalue weighted by Crippen LogP contribution is -1.97. The van der Waals surface area contributed by atoms with Crippen molar-refractivity contribution in [2.75, 3.05) is 0 Å². The molecule has 1 N–H and O–H groups in total. The van der Waals surface area contributed by atoms with Crippen LogP contribution in [0.5, 0.6) is 0 Å². The van der Waals surface area contributed by atoms with Crippen molar-refractivity contribution in [3.63, 3.8) is 0 Å². The summed E-state index contributed by atoms with van der Waals surface area (Å²) in [5.74, 6) is 0.185. The third-order valence-corrected chi connectivity index (χ3v) is 0.739. The molecule has 0 heterocycles. The highest BCUT2D eigenvalue weighted by Crippen LogP contribution is 1.89. The summed E-state index contributed by atoms with van der Waals surface area (Å²) in [6.07, 6.45) is 0. The molecule has 0 aliphatic heterocycles. The molecule has 35 valence electrons. The van der Waals surface area contributed by atoms with Crippen LogP contribution < -0.4 is 0 Å². The maximum absolute atomic E-state index is 6.89. The van der Waals surface area contributed by atoms with Crippen molar-refractivity contribution in [1.29, 1.82) is 5.41 Å². The van der Waals surface area contributed by atoms with E-state index in [4.69, 9.17) is 5.41 Å². The molecular weight excluding hydrogens is 74.1 g/mol. The summed E-state index contributed by atoms with van der Waals surface area (Å²) in [6, 6.07) is 0. The summed E-state index contributed by atoms with van der Waals surface area (Å²) in [7, 11) is 0. The zero-order valence-corrected chi connectivity index (χ0v) is 4.28. The van der Waals surface area contributed by atoms with E-state index in [1.165, 1.54) is 0 Å². The molecule has 1 heteroatoms. The van der Waals surface area contributed by atoms with Crippen molar-refractivity contribution < 1.29 is 0 Å². The minimum atomic E-state index is 0.185. The molecule has 1 unspecified atom stereocenters. The lowest BCUT2D eigenvalue weighted by molar-refractivity contribution is 0.974.